The smallest absolute Gasteiger partial charge is 0.226 e. The second-order valence-corrected chi connectivity index (χ2v) is 9.04. The minimum Gasteiger partial charge on any atom is -0.497 e. The highest BCUT2D eigenvalue weighted by Crippen LogP contribution is 2.46. The van der Waals surface area contributed by atoms with Crippen molar-refractivity contribution in [2.45, 2.75) is 32.7 Å². The number of allylic oxidation sites excluding steroid dienone is 2. The monoisotopic (exact) mass is 430 g/mol. The molecule has 2 heterocycles. The van der Waals surface area contributed by atoms with Crippen LogP contribution in [0.2, 0.25) is 0 Å². The molecule has 7 nitrogen and oxygen atoms in total. The number of Topliss-reactive ketones (excluding diaryl/α,β-unsaturated/α-hetero) is 1. The van der Waals surface area contributed by atoms with Crippen molar-refractivity contribution < 1.29 is 14.3 Å². The summed E-state index contributed by atoms with van der Waals surface area (Å²) in [7, 11) is 3.27. The first-order chi connectivity index (χ1) is 15.4. The van der Waals surface area contributed by atoms with Gasteiger partial charge in [-0.2, -0.15) is 4.98 Å². The van der Waals surface area contributed by atoms with Gasteiger partial charge in [-0.3, -0.25) is 4.79 Å². The third kappa shape index (κ3) is 3.34. The third-order valence-corrected chi connectivity index (χ3v) is 6.11. The number of ether oxygens (including phenoxy) is 2. The SMILES string of the molecule is COc1ccc(C2C3=C(CC(C)(C)CC3=O)Nc3nc(-c4ccccc4OC)nn32)cc1. The van der Waals surface area contributed by atoms with Gasteiger partial charge in [-0.15, -0.1) is 5.10 Å². The number of fused-ring (bicyclic) bond motifs is 1. The van der Waals surface area contributed by atoms with E-state index in [9.17, 15) is 4.79 Å². The maximum atomic E-state index is 13.3. The molecule has 1 N–H and O–H groups in total. The second-order valence-electron chi connectivity index (χ2n) is 9.04. The van der Waals surface area contributed by atoms with Crippen LogP contribution >= 0.6 is 0 Å². The Morgan fingerprint density at radius 3 is 2.50 bits per heavy atom. The summed E-state index contributed by atoms with van der Waals surface area (Å²) < 4.78 is 12.7. The minimum atomic E-state index is -0.355. The van der Waals surface area contributed by atoms with Gasteiger partial charge in [0.2, 0.25) is 5.95 Å². The van der Waals surface area contributed by atoms with Gasteiger partial charge in [0.1, 0.15) is 17.5 Å². The van der Waals surface area contributed by atoms with Crippen molar-refractivity contribution in [3.63, 3.8) is 0 Å². The van der Waals surface area contributed by atoms with E-state index in [1.54, 1.807) is 14.2 Å². The molecule has 0 spiro atoms. The first kappa shape index (κ1) is 20.3. The van der Waals surface area contributed by atoms with Crippen LogP contribution < -0.4 is 14.8 Å². The fourth-order valence-corrected chi connectivity index (χ4v) is 4.65. The molecule has 32 heavy (non-hydrogen) atoms. The van der Waals surface area contributed by atoms with E-state index in [0.29, 0.717) is 23.9 Å². The van der Waals surface area contributed by atoms with Crippen molar-refractivity contribution in [1.82, 2.24) is 14.8 Å². The van der Waals surface area contributed by atoms with Crippen LogP contribution in [-0.2, 0) is 4.79 Å². The van der Waals surface area contributed by atoms with Gasteiger partial charge >= 0.3 is 0 Å². The fraction of sp³-hybridized carbons (Fsp3) is 0.320. The number of benzene rings is 2. The number of para-hydroxylation sites is 1. The Balaban J connectivity index is 1.68. The molecule has 1 aliphatic heterocycles. The summed E-state index contributed by atoms with van der Waals surface area (Å²) >= 11 is 0. The van der Waals surface area contributed by atoms with Crippen LogP contribution in [0.25, 0.3) is 11.4 Å². The molecule has 0 bridgehead atoms. The lowest BCUT2D eigenvalue weighted by molar-refractivity contribution is -0.118. The van der Waals surface area contributed by atoms with Gasteiger partial charge in [0.25, 0.3) is 0 Å². The standard InChI is InChI=1S/C25H26N4O3/c1-25(2)13-18-21(19(30)14-25)22(15-9-11-16(31-3)12-10-15)29-24(26-18)27-23(28-29)17-7-5-6-8-20(17)32-4/h5-12,22H,13-14H2,1-4H3,(H,26,27,28). The van der Waals surface area contributed by atoms with E-state index in [1.165, 1.54) is 0 Å². The summed E-state index contributed by atoms with van der Waals surface area (Å²) in [4.78, 5) is 18.1. The molecule has 2 aromatic carbocycles. The molecule has 0 fully saturated rings. The molecule has 0 saturated carbocycles. The number of ketones is 1. The number of nitrogens with one attached hydrogen (secondary N) is 1. The average molecular weight is 431 g/mol. The lowest BCUT2D eigenvalue weighted by atomic mass is 9.73. The van der Waals surface area contributed by atoms with Crippen LogP contribution in [-0.4, -0.2) is 34.8 Å². The maximum Gasteiger partial charge on any atom is 0.226 e. The van der Waals surface area contributed by atoms with Gasteiger partial charge < -0.3 is 14.8 Å². The Morgan fingerprint density at radius 1 is 1.03 bits per heavy atom. The van der Waals surface area contributed by atoms with Gasteiger partial charge in [-0.1, -0.05) is 38.1 Å². The first-order valence-corrected chi connectivity index (χ1v) is 10.7. The Morgan fingerprint density at radius 2 is 1.78 bits per heavy atom. The second kappa shape index (κ2) is 7.51. The van der Waals surface area contributed by atoms with Crippen molar-refractivity contribution in [1.29, 1.82) is 0 Å². The van der Waals surface area contributed by atoms with E-state index in [0.717, 1.165) is 34.6 Å². The first-order valence-electron chi connectivity index (χ1n) is 10.7. The van der Waals surface area contributed by atoms with Crippen LogP contribution in [0.5, 0.6) is 11.5 Å². The van der Waals surface area contributed by atoms with E-state index < -0.39 is 0 Å². The summed E-state index contributed by atoms with van der Waals surface area (Å²) in [6, 6.07) is 15.1. The molecule has 5 rings (SSSR count). The quantitative estimate of drug-likeness (QED) is 0.651. The van der Waals surface area contributed by atoms with Crippen LogP contribution in [0.4, 0.5) is 5.95 Å². The summed E-state index contributed by atoms with van der Waals surface area (Å²) in [5.41, 5.74) is 3.35. The van der Waals surface area contributed by atoms with E-state index >= 15 is 0 Å². The maximum absolute atomic E-state index is 13.3. The van der Waals surface area contributed by atoms with Crippen LogP contribution in [0.3, 0.4) is 0 Å². The summed E-state index contributed by atoms with van der Waals surface area (Å²) in [6.45, 7) is 4.25. The fourth-order valence-electron chi connectivity index (χ4n) is 4.65. The number of hydrogen-bond donors (Lipinski definition) is 1. The summed E-state index contributed by atoms with van der Waals surface area (Å²) in [5.74, 6) is 2.78. The predicted octanol–water partition coefficient (Wildman–Crippen LogP) is 4.62. The van der Waals surface area contributed by atoms with Crippen molar-refractivity contribution in [2.24, 2.45) is 5.41 Å². The van der Waals surface area contributed by atoms with Gasteiger partial charge in [0.15, 0.2) is 11.6 Å². The summed E-state index contributed by atoms with van der Waals surface area (Å²) in [5, 5.41) is 8.25. The lowest BCUT2D eigenvalue weighted by Gasteiger charge is -2.38. The molecule has 1 aromatic heterocycles. The molecule has 2 aliphatic rings. The number of hydrogen-bond acceptors (Lipinski definition) is 6. The zero-order valence-electron chi connectivity index (χ0n) is 18.7. The van der Waals surface area contributed by atoms with Crippen LogP contribution in [0.1, 0.15) is 38.3 Å². The molecule has 1 atom stereocenters. The predicted molar refractivity (Wildman–Crippen MR) is 122 cm³/mol. The number of aromatic nitrogens is 3. The molecule has 164 valence electrons. The minimum absolute atomic E-state index is 0.110. The van der Waals surface area contributed by atoms with Crippen molar-refractivity contribution >= 4 is 11.7 Å². The zero-order valence-corrected chi connectivity index (χ0v) is 18.7. The lowest BCUT2D eigenvalue weighted by Crippen LogP contribution is -2.36. The molecule has 1 aliphatic carbocycles. The Bertz CT molecular complexity index is 1220. The van der Waals surface area contributed by atoms with Crippen LogP contribution in [0.15, 0.2) is 59.8 Å². The largest absolute Gasteiger partial charge is 0.497 e. The highest BCUT2D eigenvalue weighted by atomic mass is 16.5. The van der Waals surface area contributed by atoms with Gasteiger partial charge in [-0.05, 0) is 41.7 Å². The van der Waals surface area contributed by atoms with Gasteiger partial charge in [0.05, 0.1) is 19.8 Å². The number of anilines is 1. The van der Waals surface area contributed by atoms with Gasteiger partial charge in [0, 0.05) is 17.7 Å². The molecular formula is C25H26N4O3. The number of methoxy groups -OCH3 is 2. The molecule has 7 heteroatoms. The molecular weight excluding hydrogens is 404 g/mol. The number of carbonyl (C=O) groups excluding carboxylic acids is 1. The van der Waals surface area contributed by atoms with Gasteiger partial charge in [-0.25, -0.2) is 4.68 Å². The van der Waals surface area contributed by atoms with Crippen LogP contribution in [0, 0.1) is 5.41 Å². The highest BCUT2D eigenvalue weighted by Gasteiger charge is 2.42. The molecule has 0 saturated heterocycles. The van der Waals surface area contributed by atoms with Crippen molar-refractivity contribution in [3.8, 4) is 22.9 Å². The zero-order chi connectivity index (χ0) is 22.5. The van der Waals surface area contributed by atoms with E-state index in [2.05, 4.69) is 19.2 Å². The topological polar surface area (TPSA) is 78.3 Å². The Labute approximate surface area is 187 Å². The molecule has 0 radical (unpaired) electrons. The summed E-state index contributed by atoms with van der Waals surface area (Å²) in [6.07, 6.45) is 1.28. The number of rotatable bonds is 4. The molecule has 0 amide bonds. The normalized spacial score (nSPS) is 19.1. The van der Waals surface area contributed by atoms with E-state index in [4.69, 9.17) is 19.6 Å². The Hall–Kier alpha value is -3.61. The number of carbonyl (C=O) groups is 1. The highest BCUT2D eigenvalue weighted by molar-refractivity contribution is 6.00. The van der Waals surface area contributed by atoms with E-state index in [-0.39, 0.29) is 17.2 Å². The molecule has 3 aromatic rings. The van der Waals surface area contributed by atoms with Crippen molar-refractivity contribution in [3.05, 3.63) is 65.4 Å². The van der Waals surface area contributed by atoms with Crippen molar-refractivity contribution in [2.75, 3.05) is 19.5 Å². The Kier molecular flexibility index (Phi) is 4.77. The van der Waals surface area contributed by atoms with E-state index in [1.807, 2.05) is 53.2 Å². The molecule has 1 unspecified atom stereocenters. The third-order valence-electron chi connectivity index (χ3n) is 6.11. The number of nitrogens with zero attached hydrogens (tertiary/aromatic N) is 3. The average Bonchev–Trinajstić information content (AvgIpc) is 3.20.